The van der Waals surface area contributed by atoms with Crippen molar-refractivity contribution in [1.82, 2.24) is 0 Å². The van der Waals surface area contributed by atoms with Gasteiger partial charge in [-0.25, -0.2) is 0 Å². The van der Waals surface area contributed by atoms with E-state index in [0.717, 1.165) is 18.2 Å². The van der Waals surface area contributed by atoms with Crippen LogP contribution >= 0.6 is 0 Å². The van der Waals surface area contributed by atoms with E-state index in [1.165, 1.54) is 0 Å². The summed E-state index contributed by atoms with van der Waals surface area (Å²) in [5, 5.41) is 31.2. The largest absolute Gasteiger partial charge is 3.00 e. The Labute approximate surface area is 99.4 Å². The Hall–Kier alpha value is -1.88. The summed E-state index contributed by atoms with van der Waals surface area (Å²) in [5.74, 6) is -5.04. The molecule has 6 nitrogen and oxygen atoms in total. The topological polar surface area (TPSA) is 120 Å². The fraction of sp³-hybridized carbons (Fsp3) is 0. The van der Waals surface area contributed by atoms with Crippen molar-refractivity contribution in [2.24, 2.45) is 0 Å². The van der Waals surface area contributed by atoms with Crippen LogP contribution in [-0.4, -0.2) is 17.9 Å². The molecule has 1 radical (unpaired) electrons. The second-order valence-electron chi connectivity index (χ2n) is 2.66. The Kier molecular flexibility index (Phi) is 4.66. The van der Waals surface area contributed by atoms with Gasteiger partial charge in [0.2, 0.25) is 0 Å². The predicted molar refractivity (Wildman–Crippen MR) is 39.4 cm³/mol. The van der Waals surface area contributed by atoms with E-state index in [1.807, 2.05) is 0 Å². The molecule has 1 aromatic rings. The Balaban J connectivity index is 0.00000225. The van der Waals surface area contributed by atoms with E-state index in [4.69, 9.17) is 0 Å². The quantitative estimate of drug-likeness (QED) is 0.530. The van der Waals surface area contributed by atoms with E-state index in [2.05, 4.69) is 0 Å². The standard InChI is InChI=1S/C9H6O6.Ni/c10-7(11)4-1-5(8(12)13)3-6(2-4)9(14)15;/h1-3H,(H,10,11)(H,12,13)(H,14,15);/q;+3/p-3. The van der Waals surface area contributed by atoms with E-state index in [-0.39, 0.29) is 16.5 Å². The summed E-state index contributed by atoms with van der Waals surface area (Å²) in [6.45, 7) is 0. The van der Waals surface area contributed by atoms with Gasteiger partial charge in [0.05, 0.1) is 17.9 Å². The van der Waals surface area contributed by atoms with Crippen molar-refractivity contribution >= 4 is 17.9 Å². The summed E-state index contributed by atoms with van der Waals surface area (Å²) in [6, 6.07) is 2.24. The Bertz CT molecular complexity index is 374. The summed E-state index contributed by atoms with van der Waals surface area (Å²) in [4.78, 5) is 31.2. The molecule has 0 heterocycles. The van der Waals surface area contributed by atoms with Crippen LogP contribution in [0.2, 0.25) is 0 Å². The minimum absolute atomic E-state index is 0. The van der Waals surface area contributed by atoms with E-state index >= 15 is 0 Å². The number of carboxylic acid groups (broad SMARTS) is 3. The molecule has 7 heteroatoms. The molecule has 0 saturated carbocycles. The molecule has 0 aromatic heterocycles. The van der Waals surface area contributed by atoms with Crippen molar-refractivity contribution in [3.05, 3.63) is 34.9 Å². The fourth-order valence-electron chi connectivity index (χ4n) is 0.981. The van der Waals surface area contributed by atoms with Crippen molar-refractivity contribution in [3.63, 3.8) is 0 Å². The van der Waals surface area contributed by atoms with E-state index in [1.54, 1.807) is 0 Å². The van der Waals surface area contributed by atoms with Crippen molar-refractivity contribution in [2.45, 2.75) is 0 Å². The van der Waals surface area contributed by atoms with Crippen LogP contribution < -0.4 is 15.3 Å². The van der Waals surface area contributed by atoms with E-state index < -0.39 is 34.6 Å². The monoisotopic (exact) mass is 265 g/mol. The molecule has 0 aliphatic heterocycles. The van der Waals surface area contributed by atoms with Gasteiger partial charge in [-0.3, -0.25) is 0 Å². The molecule has 0 N–H and O–H groups in total. The Morgan fingerprint density at radius 3 is 1.00 bits per heavy atom. The fourth-order valence-corrected chi connectivity index (χ4v) is 0.981. The van der Waals surface area contributed by atoms with E-state index in [9.17, 15) is 29.7 Å². The summed E-state index contributed by atoms with van der Waals surface area (Å²) in [7, 11) is 0. The third kappa shape index (κ3) is 3.06. The molecule has 0 spiro atoms. The van der Waals surface area contributed by atoms with Crippen LogP contribution in [0.4, 0.5) is 0 Å². The number of aromatic carboxylic acids is 3. The SMILES string of the molecule is O=C([O-])c1cc(C(=O)[O-])cc(C(=O)[O-])c1.[Ni+3]. The molecule has 0 saturated heterocycles. The molecule has 0 atom stereocenters. The van der Waals surface area contributed by atoms with Gasteiger partial charge >= 0.3 is 16.5 Å². The van der Waals surface area contributed by atoms with Crippen molar-refractivity contribution in [1.29, 1.82) is 0 Å². The zero-order chi connectivity index (χ0) is 11.6. The van der Waals surface area contributed by atoms with Crippen LogP contribution in [0.3, 0.4) is 0 Å². The van der Waals surface area contributed by atoms with Crippen LogP contribution in [0.25, 0.3) is 0 Å². The maximum absolute atomic E-state index is 10.4. The number of benzene rings is 1. The third-order valence-corrected chi connectivity index (χ3v) is 1.64. The Morgan fingerprint density at radius 1 is 0.688 bits per heavy atom. The first-order chi connectivity index (χ1) is 6.91. The van der Waals surface area contributed by atoms with Crippen LogP contribution in [0.15, 0.2) is 18.2 Å². The zero-order valence-corrected chi connectivity index (χ0v) is 8.49. The van der Waals surface area contributed by atoms with Crippen LogP contribution in [-0.2, 0) is 16.5 Å². The summed E-state index contributed by atoms with van der Waals surface area (Å²) >= 11 is 0. The third-order valence-electron chi connectivity index (χ3n) is 1.64. The molecule has 0 unspecified atom stereocenters. The average molecular weight is 266 g/mol. The smallest absolute Gasteiger partial charge is 0.545 e. The van der Waals surface area contributed by atoms with Gasteiger partial charge in [0, 0.05) is 0 Å². The average Bonchev–Trinajstić information content (AvgIpc) is 2.16. The van der Waals surface area contributed by atoms with Gasteiger partial charge < -0.3 is 29.7 Å². The minimum Gasteiger partial charge on any atom is -0.545 e. The van der Waals surface area contributed by atoms with Gasteiger partial charge in [-0.1, -0.05) is 0 Å². The number of carbonyl (C=O) groups excluding carboxylic acids is 3. The maximum atomic E-state index is 10.4. The van der Waals surface area contributed by atoms with Gasteiger partial charge in [0.15, 0.2) is 0 Å². The van der Waals surface area contributed by atoms with Gasteiger partial charge in [-0.05, 0) is 34.9 Å². The summed E-state index contributed by atoms with van der Waals surface area (Å²) in [5.41, 5.74) is -1.68. The first-order valence-corrected chi connectivity index (χ1v) is 3.71. The number of hydrogen-bond donors (Lipinski definition) is 0. The van der Waals surface area contributed by atoms with Crippen LogP contribution in [0, 0.1) is 0 Å². The summed E-state index contributed by atoms with van der Waals surface area (Å²) in [6.07, 6.45) is 0. The summed E-state index contributed by atoms with van der Waals surface area (Å²) < 4.78 is 0. The molecule has 0 amide bonds. The molecular weight excluding hydrogens is 263 g/mol. The predicted octanol–water partition coefficient (Wildman–Crippen LogP) is -3.23. The van der Waals surface area contributed by atoms with Crippen LogP contribution in [0.5, 0.6) is 0 Å². The molecule has 0 aliphatic carbocycles. The van der Waals surface area contributed by atoms with Crippen LogP contribution in [0.1, 0.15) is 31.1 Å². The number of carbonyl (C=O) groups is 3. The molecule has 1 rings (SSSR count). The molecular formula is C9H3NiO6. The molecule has 16 heavy (non-hydrogen) atoms. The normalized spacial score (nSPS) is 9.00. The van der Waals surface area contributed by atoms with Crippen molar-refractivity contribution in [2.75, 3.05) is 0 Å². The first-order valence-electron chi connectivity index (χ1n) is 3.71. The van der Waals surface area contributed by atoms with Crippen molar-refractivity contribution in [3.8, 4) is 0 Å². The minimum atomic E-state index is -1.68. The first kappa shape index (κ1) is 14.1. The van der Waals surface area contributed by atoms with Gasteiger partial charge in [0.25, 0.3) is 0 Å². The van der Waals surface area contributed by atoms with Gasteiger partial charge in [-0.2, -0.15) is 0 Å². The number of hydrogen-bond acceptors (Lipinski definition) is 6. The maximum Gasteiger partial charge on any atom is 3.00 e. The Morgan fingerprint density at radius 2 is 0.875 bits per heavy atom. The van der Waals surface area contributed by atoms with Crippen molar-refractivity contribution < 1.29 is 46.2 Å². The van der Waals surface area contributed by atoms with Gasteiger partial charge in [-0.15, -0.1) is 0 Å². The molecule has 0 fully saturated rings. The second kappa shape index (κ2) is 5.27. The number of carboxylic acids is 3. The molecule has 1 aromatic carbocycles. The zero-order valence-electron chi connectivity index (χ0n) is 7.50. The van der Waals surface area contributed by atoms with E-state index in [0.29, 0.717) is 0 Å². The molecule has 0 bridgehead atoms. The number of rotatable bonds is 3. The molecule has 0 aliphatic rings. The molecule has 85 valence electrons. The van der Waals surface area contributed by atoms with Gasteiger partial charge in [0.1, 0.15) is 0 Å². The second-order valence-corrected chi connectivity index (χ2v) is 2.66.